The second-order valence-electron chi connectivity index (χ2n) is 4.74. The highest BCUT2D eigenvalue weighted by Gasteiger charge is 2.36. The first-order valence-corrected chi connectivity index (χ1v) is 7.12. The zero-order valence-corrected chi connectivity index (χ0v) is 12.0. The number of halogens is 1. The van der Waals surface area contributed by atoms with E-state index in [2.05, 4.69) is 25.9 Å². The lowest BCUT2D eigenvalue weighted by atomic mass is 9.99. The van der Waals surface area contributed by atoms with Crippen LogP contribution in [0.3, 0.4) is 0 Å². The van der Waals surface area contributed by atoms with Crippen LogP contribution in [0.4, 0.5) is 5.95 Å². The molecule has 2 aliphatic heterocycles. The first kappa shape index (κ1) is 12.8. The predicted octanol–water partition coefficient (Wildman–Crippen LogP) is 0.534. The van der Waals surface area contributed by atoms with Crippen molar-refractivity contribution in [1.29, 1.82) is 0 Å². The van der Waals surface area contributed by atoms with Crippen molar-refractivity contribution in [3.8, 4) is 0 Å². The van der Waals surface area contributed by atoms with Crippen molar-refractivity contribution in [2.24, 2.45) is 5.92 Å². The molecule has 3 heterocycles. The summed E-state index contributed by atoms with van der Waals surface area (Å²) in [4.78, 5) is 24.6. The number of nitrogens with zero attached hydrogens (tertiary/aromatic N) is 4. The predicted molar refractivity (Wildman–Crippen MR) is 72.8 cm³/mol. The van der Waals surface area contributed by atoms with Crippen LogP contribution in [0, 0.1) is 5.92 Å². The molecular weight excluding hydrogens is 312 g/mol. The van der Waals surface area contributed by atoms with Crippen molar-refractivity contribution in [1.82, 2.24) is 14.9 Å². The second-order valence-corrected chi connectivity index (χ2v) is 5.66. The minimum atomic E-state index is 0.0744. The van der Waals surface area contributed by atoms with Crippen LogP contribution in [-0.4, -0.2) is 60.2 Å². The molecule has 3 rings (SSSR count). The number of rotatable bonds is 2. The highest BCUT2D eigenvalue weighted by molar-refractivity contribution is 9.10. The molecule has 7 heteroatoms. The van der Waals surface area contributed by atoms with Crippen LogP contribution in [0.15, 0.2) is 16.9 Å². The van der Waals surface area contributed by atoms with Gasteiger partial charge in [-0.05, 0) is 15.9 Å². The van der Waals surface area contributed by atoms with Gasteiger partial charge < -0.3 is 14.5 Å². The Hall–Kier alpha value is -1.21. The van der Waals surface area contributed by atoms with Gasteiger partial charge in [0.1, 0.15) is 0 Å². The van der Waals surface area contributed by atoms with Crippen molar-refractivity contribution < 1.29 is 9.53 Å². The van der Waals surface area contributed by atoms with Crippen LogP contribution in [0.5, 0.6) is 0 Å². The number of carbonyl (C=O) groups is 1. The van der Waals surface area contributed by atoms with Gasteiger partial charge in [0.15, 0.2) is 0 Å². The molecule has 2 fully saturated rings. The lowest BCUT2D eigenvalue weighted by molar-refractivity contribution is -0.140. The maximum absolute atomic E-state index is 12.2. The van der Waals surface area contributed by atoms with Gasteiger partial charge in [-0.2, -0.15) is 0 Å². The van der Waals surface area contributed by atoms with E-state index < -0.39 is 0 Å². The minimum Gasteiger partial charge on any atom is -0.378 e. The summed E-state index contributed by atoms with van der Waals surface area (Å²) in [7, 11) is 0. The number of morpholine rings is 1. The molecule has 0 N–H and O–H groups in total. The quantitative estimate of drug-likeness (QED) is 0.793. The van der Waals surface area contributed by atoms with Gasteiger partial charge in [0.25, 0.3) is 0 Å². The molecular formula is C12H15BrN4O2. The van der Waals surface area contributed by atoms with E-state index in [1.54, 1.807) is 12.4 Å². The monoisotopic (exact) mass is 326 g/mol. The van der Waals surface area contributed by atoms with Gasteiger partial charge in [-0.1, -0.05) is 0 Å². The van der Waals surface area contributed by atoms with Crippen molar-refractivity contribution in [2.75, 3.05) is 44.3 Å². The first-order chi connectivity index (χ1) is 9.24. The minimum absolute atomic E-state index is 0.0744. The summed E-state index contributed by atoms with van der Waals surface area (Å²) >= 11 is 3.31. The highest BCUT2D eigenvalue weighted by atomic mass is 79.9. The molecule has 19 heavy (non-hydrogen) atoms. The normalized spacial score (nSPS) is 20.3. The molecule has 2 saturated heterocycles. The molecule has 1 aromatic rings. The van der Waals surface area contributed by atoms with Gasteiger partial charge in [-0.25, -0.2) is 9.97 Å². The molecule has 0 spiro atoms. The van der Waals surface area contributed by atoms with E-state index in [0.717, 1.165) is 4.47 Å². The zero-order valence-electron chi connectivity index (χ0n) is 10.5. The van der Waals surface area contributed by atoms with E-state index in [9.17, 15) is 4.79 Å². The molecule has 0 bridgehead atoms. The molecule has 0 atom stereocenters. The number of hydrogen-bond acceptors (Lipinski definition) is 5. The smallest absolute Gasteiger partial charge is 0.229 e. The molecule has 102 valence electrons. The third-order valence-corrected chi connectivity index (χ3v) is 3.85. The highest BCUT2D eigenvalue weighted by Crippen LogP contribution is 2.23. The van der Waals surface area contributed by atoms with Crippen molar-refractivity contribution >= 4 is 27.8 Å². The summed E-state index contributed by atoms with van der Waals surface area (Å²) in [5.74, 6) is 0.997. The van der Waals surface area contributed by atoms with Crippen LogP contribution in [0.25, 0.3) is 0 Å². The zero-order chi connectivity index (χ0) is 13.2. The van der Waals surface area contributed by atoms with Gasteiger partial charge in [0, 0.05) is 38.6 Å². The Bertz CT molecular complexity index is 455. The van der Waals surface area contributed by atoms with Gasteiger partial charge in [0.2, 0.25) is 11.9 Å². The number of amides is 1. The fourth-order valence-electron chi connectivity index (χ4n) is 2.31. The largest absolute Gasteiger partial charge is 0.378 e. The van der Waals surface area contributed by atoms with E-state index in [4.69, 9.17) is 4.74 Å². The number of hydrogen-bond donors (Lipinski definition) is 0. The average Bonchev–Trinajstić information content (AvgIpc) is 2.40. The topological polar surface area (TPSA) is 58.6 Å². The Labute approximate surface area is 119 Å². The van der Waals surface area contributed by atoms with Crippen molar-refractivity contribution in [2.45, 2.75) is 0 Å². The number of aromatic nitrogens is 2. The van der Waals surface area contributed by atoms with Crippen LogP contribution in [0.2, 0.25) is 0 Å². The first-order valence-electron chi connectivity index (χ1n) is 6.33. The van der Waals surface area contributed by atoms with Gasteiger partial charge in [0.05, 0.1) is 23.6 Å². The molecule has 0 saturated carbocycles. The number of carbonyl (C=O) groups excluding carboxylic acids is 1. The van der Waals surface area contributed by atoms with Crippen molar-refractivity contribution in [3.63, 3.8) is 0 Å². The lowest BCUT2D eigenvalue weighted by Crippen LogP contribution is -2.56. The molecule has 0 unspecified atom stereocenters. The molecule has 6 nitrogen and oxygen atoms in total. The molecule has 2 aliphatic rings. The Balaban J connectivity index is 1.54. The standard InChI is InChI=1S/C12H15BrN4O2/c13-10-5-14-12(15-6-10)17-7-9(8-17)11(18)16-1-3-19-4-2-16/h5-6,9H,1-4,7-8H2. The SMILES string of the molecule is O=C(C1CN(c2ncc(Br)cn2)C1)N1CCOCC1. The Kier molecular flexibility index (Phi) is 3.65. The van der Waals surface area contributed by atoms with E-state index in [1.807, 2.05) is 9.80 Å². The van der Waals surface area contributed by atoms with Gasteiger partial charge in [-0.15, -0.1) is 0 Å². The maximum atomic E-state index is 12.2. The third-order valence-electron chi connectivity index (χ3n) is 3.44. The van der Waals surface area contributed by atoms with E-state index in [0.29, 0.717) is 45.3 Å². The summed E-state index contributed by atoms with van der Waals surface area (Å²) in [6.07, 6.45) is 3.44. The maximum Gasteiger partial charge on any atom is 0.229 e. The fraction of sp³-hybridized carbons (Fsp3) is 0.583. The summed E-state index contributed by atoms with van der Waals surface area (Å²) in [5.41, 5.74) is 0. The number of ether oxygens (including phenoxy) is 1. The van der Waals surface area contributed by atoms with E-state index in [1.165, 1.54) is 0 Å². The molecule has 0 aliphatic carbocycles. The average molecular weight is 327 g/mol. The summed E-state index contributed by atoms with van der Waals surface area (Å²) in [5, 5.41) is 0. The number of anilines is 1. The molecule has 1 amide bonds. The Morgan fingerprint density at radius 2 is 1.89 bits per heavy atom. The molecule has 1 aromatic heterocycles. The third kappa shape index (κ3) is 2.71. The van der Waals surface area contributed by atoms with Gasteiger partial charge >= 0.3 is 0 Å². The molecule has 0 radical (unpaired) electrons. The van der Waals surface area contributed by atoms with E-state index >= 15 is 0 Å². The Morgan fingerprint density at radius 3 is 2.53 bits per heavy atom. The van der Waals surface area contributed by atoms with Crippen LogP contribution >= 0.6 is 15.9 Å². The van der Waals surface area contributed by atoms with Crippen LogP contribution in [-0.2, 0) is 9.53 Å². The van der Waals surface area contributed by atoms with Crippen LogP contribution < -0.4 is 4.90 Å². The van der Waals surface area contributed by atoms with Gasteiger partial charge in [-0.3, -0.25) is 4.79 Å². The summed E-state index contributed by atoms with van der Waals surface area (Å²) in [6, 6.07) is 0. The summed E-state index contributed by atoms with van der Waals surface area (Å²) < 4.78 is 6.11. The fourth-order valence-corrected chi connectivity index (χ4v) is 2.51. The Morgan fingerprint density at radius 1 is 1.26 bits per heavy atom. The molecule has 0 aromatic carbocycles. The van der Waals surface area contributed by atoms with E-state index in [-0.39, 0.29) is 11.8 Å². The lowest BCUT2D eigenvalue weighted by Gasteiger charge is -2.41. The van der Waals surface area contributed by atoms with Crippen molar-refractivity contribution in [3.05, 3.63) is 16.9 Å². The van der Waals surface area contributed by atoms with Crippen LogP contribution in [0.1, 0.15) is 0 Å². The second kappa shape index (κ2) is 5.42. The summed E-state index contributed by atoms with van der Waals surface area (Å²) in [6.45, 7) is 4.14.